The van der Waals surface area contributed by atoms with Crippen molar-refractivity contribution in [2.45, 2.75) is 51.7 Å². The molecular weight excluding hydrogens is 539 g/mol. The van der Waals surface area contributed by atoms with Crippen LogP contribution in [-0.4, -0.2) is 51.6 Å². The van der Waals surface area contributed by atoms with E-state index in [-0.39, 0.29) is 18.0 Å². The summed E-state index contributed by atoms with van der Waals surface area (Å²) >= 11 is 0. The predicted octanol–water partition coefficient (Wildman–Crippen LogP) is 5.18. The third-order valence-electron chi connectivity index (χ3n) is 6.88. The van der Waals surface area contributed by atoms with Crippen LogP contribution < -0.4 is 19.7 Å². The van der Waals surface area contributed by atoms with E-state index in [9.17, 15) is 15.3 Å². The number of aliphatic hydroxyl groups excluding tert-OH is 2. The molecule has 0 bridgehead atoms. The normalized spacial score (nSPS) is 18.0. The molecule has 0 saturated carbocycles. The van der Waals surface area contributed by atoms with Crippen molar-refractivity contribution in [3.63, 3.8) is 0 Å². The lowest BCUT2D eigenvalue weighted by molar-refractivity contribution is 0.0546. The Morgan fingerprint density at radius 2 is 1.71 bits per heavy atom. The smallest absolute Gasteiger partial charge is 0.494 e. The van der Waals surface area contributed by atoms with Gasteiger partial charge in [-0.05, 0) is 63.4 Å². The number of aromatic nitrogens is 1. The second-order valence-corrected chi connectivity index (χ2v) is 11.0. The van der Waals surface area contributed by atoms with Crippen molar-refractivity contribution in [2.75, 3.05) is 13.7 Å². The Morgan fingerprint density at radius 1 is 1.00 bits per heavy atom. The monoisotopic (exact) mass is 574 g/mol. The Morgan fingerprint density at radius 3 is 2.38 bits per heavy atom. The van der Waals surface area contributed by atoms with Gasteiger partial charge in [0.25, 0.3) is 11.9 Å². The van der Waals surface area contributed by atoms with Crippen molar-refractivity contribution in [2.24, 2.45) is 0 Å². The summed E-state index contributed by atoms with van der Waals surface area (Å²) in [6.45, 7) is 5.73. The van der Waals surface area contributed by atoms with Gasteiger partial charge in [0.05, 0.1) is 30.3 Å². The molecule has 0 fully saturated rings. The Balaban J connectivity index is 1.24. The standard InChI is InChI=1S/C31H35BN2O8/c1-20-25(14-15-28(33-20)38-17-16-31(2,3)37)40-26-7-5-6-23-24(26)12-13-27(23)39-22-10-8-21(9-11-22)32-41-29(35)18-34(4)19-30(36)42-32/h5-11,14-15,18-19,27,35-37H,12-13,16-17H2,1-4H3/b29-18-,30-19?/t27-/m1/s1. The Labute approximate surface area is 245 Å². The van der Waals surface area contributed by atoms with E-state index in [1.807, 2.05) is 25.1 Å². The Bertz CT molecular complexity index is 1450. The highest BCUT2D eigenvalue weighted by Crippen LogP contribution is 2.41. The molecule has 220 valence electrons. The lowest BCUT2D eigenvalue weighted by atomic mass is 9.79. The van der Waals surface area contributed by atoms with Crippen molar-refractivity contribution in [3.8, 4) is 23.1 Å². The average molecular weight is 574 g/mol. The fraction of sp³-hybridized carbons (Fsp3) is 0.323. The highest BCUT2D eigenvalue weighted by Gasteiger charge is 2.31. The molecule has 2 aromatic carbocycles. The van der Waals surface area contributed by atoms with Gasteiger partial charge in [0.15, 0.2) is 0 Å². The first-order chi connectivity index (χ1) is 20.0. The number of aliphatic hydroxyl groups is 3. The lowest BCUT2D eigenvalue weighted by Crippen LogP contribution is -2.37. The number of hydrogen-bond donors (Lipinski definition) is 3. The second kappa shape index (κ2) is 12.2. The number of pyridine rings is 1. The molecule has 0 spiro atoms. The van der Waals surface area contributed by atoms with Gasteiger partial charge in [-0.25, -0.2) is 4.98 Å². The van der Waals surface area contributed by atoms with Crippen molar-refractivity contribution in [1.29, 1.82) is 0 Å². The van der Waals surface area contributed by atoms with Gasteiger partial charge < -0.3 is 43.7 Å². The van der Waals surface area contributed by atoms with E-state index in [1.54, 1.807) is 51.2 Å². The van der Waals surface area contributed by atoms with Gasteiger partial charge in [0, 0.05) is 30.6 Å². The third kappa shape index (κ3) is 7.22. The first-order valence-corrected chi connectivity index (χ1v) is 13.8. The summed E-state index contributed by atoms with van der Waals surface area (Å²) in [5.41, 5.74) is 2.66. The van der Waals surface area contributed by atoms with Crippen molar-refractivity contribution in [3.05, 3.63) is 95.7 Å². The molecule has 0 saturated heterocycles. The van der Waals surface area contributed by atoms with E-state index in [1.165, 1.54) is 17.3 Å². The number of aryl methyl sites for hydroxylation is 1. The van der Waals surface area contributed by atoms with Crippen LogP contribution in [-0.2, 0) is 15.7 Å². The van der Waals surface area contributed by atoms with E-state index in [0.29, 0.717) is 41.6 Å². The number of hydrogen-bond acceptors (Lipinski definition) is 10. The minimum atomic E-state index is -1.03. The van der Waals surface area contributed by atoms with Gasteiger partial charge in [0.1, 0.15) is 23.4 Å². The molecule has 3 aromatic rings. The predicted molar refractivity (Wildman–Crippen MR) is 157 cm³/mol. The molecule has 1 atom stereocenters. The SMILES string of the molecule is Cc1nc(OCCC(C)(C)O)ccc1Oc1cccc2c1CC[C@H]2Oc1ccc(B2OC(O)=CN(C)/C=C(/O)O2)cc1. The average Bonchev–Trinajstić information content (AvgIpc) is 3.32. The molecule has 0 amide bonds. The van der Waals surface area contributed by atoms with Crippen LogP contribution in [0.4, 0.5) is 0 Å². The molecule has 1 aromatic heterocycles. The molecule has 42 heavy (non-hydrogen) atoms. The Kier molecular flexibility index (Phi) is 8.40. The van der Waals surface area contributed by atoms with Gasteiger partial charge in [-0.15, -0.1) is 0 Å². The number of ether oxygens (including phenoxy) is 3. The number of rotatable bonds is 9. The lowest BCUT2D eigenvalue weighted by Gasteiger charge is -2.20. The van der Waals surface area contributed by atoms with E-state index in [0.717, 1.165) is 29.7 Å². The van der Waals surface area contributed by atoms with Crippen LogP contribution in [0.15, 0.2) is 78.9 Å². The summed E-state index contributed by atoms with van der Waals surface area (Å²) in [6.07, 6.45) is 4.59. The first kappa shape index (κ1) is 29.0. The minimum absolute atomic E-state index is 0.149. The van der Waals surface area contributed by atoms with Gasteiger partial charge in [0.2, 0.25) is 5.88 Å². The van der Waals surface area contributed by atoms with E-state index in [4.69, 9.17) is 23.5 Å². The Hall–Kier alpha value is -4.51. The summed E-state index contributed by atoms with van der Waals surface area (Å²) in [7, 11) is 0.592. The summed E-state index contributed by atoms with van der Waals surface area (Å²) < 4.78 is 29.2. The molecule has 0 unspecified atom stereocenters. The molecular formula is C31H35BN2O8. The summed E-state index contributed by atoms with van der Waals surface area (Å²) in [4.78, 5) is 5.92. The maximum absolute atomic E-state index is 9.99. The summed E-state index contributed by atoms with van der Waals surface area (Å²) in [5.74, 6) is 1.87. The van der Waals surface area contributed by atoms with Gasteiger partial charge in [-0.3, -0.25) is 0 Å². The zero-order chi connectivity index (χ0) is 29.9. The fourth-order valence-corrected chi connectivity index (χ4v) is 4.73. The molecule has 0 radical (unpaired) electrons. The van der Waals surface area contributed by atoms with E-state index >= 15 is 0 Å². The molecule has 10 nitrogen and oxygen atoms in total. The van der Waals surface area contributed by atoms with Crippen molar-refractivity contribution in [1.82, 2.24) is 9.88 Å². The van der Waals surface area contributed by atoms with Crippen molar-refractivity contribution < 1.29 is 38.8 Å². The van der Waals surface area contributed by atoms with Crippen LogP contribution in [0.5, 0.6) is 23.1 Å². The quantitative estimate of drug-likeness (QED) is 0.295. The molecule has 2 heterocycles. The molecule has 11 heteroatoms. The minimum Gasteiger partial charge on any atom is -0.494 e. The first-order valence-electron chi connectivity index (χ1n) is 13.8. The van der Waals surface area contributed by atoms with Crippen LogP contribution in [0.1, 0.15) is 49.6 Å². The van der Waals surface area contributed by atoms with Gasteiger partial charge >= 0.3 is 7.12 Å². The number of benzene rings is 2. The van der Waals surface area contributed by atoms with E-state index in [2.05, 4.69) is 11.1 Å². The van der Waals surface area contributed by atoms with Crippen molar-refractivity contribution >= 4 is 12.6 Å². The zero-order valence-corrected chi connectivity index (χ0v) is 24.1. The highest BCUT2D eigenvalue weighted by atomic mass is 16.7. The van der Waals surface area contributed by atoms with Crippen LogP contribution >= 0.6 is 0 Å². The zero-order valence-electron chi connectivity index (χ0n) is 24.1. The third-order valence-corrected chi connectivity index (χ3v) is 6.88. The van der Waals surface area contributed by atoms with Gasteiger partial charge in [-0.2, -0.15) is 0 Å². The largest absolute Gasteiger partial charge is 0.636 e. The van der Waals surface area contributed by atoms with Crippen LogP contribution in [0.25, 0.3) is 0 Å². The molecule has 5 rings (SSSR count). The molecule has 1 aliphatic heterocycles. The molecule has 2 aliphatic rings. The van der Waals surface area contributed by atoms with Crippen LogP contribution in [0.3, 0.4) is 0 Å². The fourth-order valence-electron chi connectivity index (χ4n) is 4.73. The molecule has 1 aliphatic carbocycles. The maximum Gasteiger partial charge on any atom is 0.636 e. The van der Waals surface area contributed by atoms with E-state index < -0.39 is 12.7 Å². The van der Waals surface area contributed by atoms with Crippen LogP contribution in [0, 0.1) is 6.92 Å². The number of fused-ring (bicyclic) bond motifs is 1. The molecule has 3 N–H and O–H groups in total. The van der Waals surface area contributed by atoms with Crippen LogP contribution in [0.2, 0.25) is 0 Å². The second-order valence-electron chi connectivity index (χ2n) is 11.0. The topological polar surface area (TPSA) is 123 Å². The number of nitrogens with zero attached hydrogens (tertiary/aromatic N) is 2. The summed E-state index contributed by atoms with van der Waals surface area (Å²) in [6, 6.07) is 16.7. The van der Waals surface area contributed by atoms with Gasteiger partial charge in [-0.1, -0.05) is 24.3 Å². The maximum atomic E-state index is 9.99. The summed E-state index contributed by atoms with van der Waals surface area (Å²) in [5, 5.41) is 29.9. The highest BCUT2D eigenvalue weighted by molar-refractivity contribution is 6.61.